The largest absolute Gasteiger partial charge is 0.478 e. The fraction of sp³-hybridized carbons (Fsp3) is 0.409. The molecule has 1 aromatic carbocycles. The molecule has 154 valence electrons. The number of ketones is 1. The van der Waals surface area contributed by atoms with Gasteiger partial charge in [0.1, 0.15) is 12.3 Å². The van der Waals surface area contributed by atoms with Gasteiger partial charge in [0.25, 0.3) is 0 Å². The van der Waals surface area contributed by atoms with Crippen molar-refractivity contribution in [3.63, 3.8) is 0 Å². The average Bonchev–Trinajstić information content (AvgIpc) is 3.06. The van der Waals surface area contributed by atoms with Crippen molar-refractivity contribution in [3.05, 3.63) is 58.4 Å². The number of likely N-dealkylation sites (N-methyl/N-ethyl adjacent to an activating group) is 1. The van der Waals surface area contributed by atoms with E-state index in [1.54, 1.807) is 30.3 Å². The maximum Gasteiger partial charge on any atom is 0.355 e. The molecule has 0 fully saturated rings. The lowest BCUT2D eigenvalue weighted by atomic mass is 9.96. The molecular weight excluding hydrogens is 372 g/mol. The molecule has 0 unspecified atom stereocenters. The second kappa shape index (κ2) is 9.05. The minimum Gasteiger partial charge on any atom is -0.478 e. The third kappa shape index (κ3) is 4.92. The normalized spacial score (nSPS) is 13.4. The number of aromatic nitrogens is 1. The van der Waals surface area contributed by atoms with Crippen LogP contribution in [0.15, 0.2) is 30.3 Å². The monoisotopic (exact) mass is 398 g/mol. The van der Waals surface area contributed by atoms with Gasteiger partial charge in [0.05, 0.1) is 5.56 Å². The molecule has 0 spiro atoms. The Labute approximate surface area is 169 Å². The summed E-state index contributed by atoms with van der Waals surface area (Å²) in [4.78, 5) is 37.9. The highest BCUT2D eigenvalue weighted by Gasteiger charge is 2.27. The molecule has 2 aromatic rings. The zero-order chi connectivity index (χ0) is 21.0. The minimum absolute atomic E-state index is 0.0677. The van der Waals surface area contributed by atoms with Crippen molar-refractivity contribution in [3.8, 4) is 0 Å². The van der Waals surface area contributed by atoms with Crippen LogP contribution in [0.2, 0.25) is 0 Å². The lowest BCUT2D eigenvalue weighted by Gasteiger charge is -2.17. The van der Waals surface area contributed by atoms with Crippen molar-refractivity contribution in [2.24, 2.45) is 0 Å². The third-order valence-corrected chi connectivity index (χ3v) is 5.13. The number of carbonyl (C=O) groups is 3. The van der Waals surface area contributed by atoms with E-state index in [2.05, 4.69) is 0 Å². The highest BCUT2D eigenvalue weighted by Crippen LogP contribution is 2.26. The van der Waals surface area contributed by atoms with E-state index in [0.717, 1.165) is 24.1 Å². The number of carbonyl (C=O) groups excluding carboxylic acids is 2. The molecule has 0 amide bonds. The fourth-order valence-corrected chi connectivity index (χ4v) is 3.53. The van der Waals surface area contributed by atoms with E-state index in [1.165, 1.54) is 0 Å². The van der Waals surface area contributed by atoms with Gasteiger partial charge in [-0.2, -0.15) is 0 Å². The van der Waals surface area contributed by atoms with E-state index in [0.29, 0.717) is 37.2 Å². The molecule has 1 aromatic heterocycles. The molecule has 7 heteroatoms. The molecule has 0 saturated carbocycles. The minimum atomic E-state index is -0.961. The van der Waals surface area contributed by atoms with E-state index >= 15 is 0 Å². The maximum absolute atomic E-state index is 12.7. The van der Waals surface area contributed by atoms with Gasteiger partial charge in [0, 0.05) is 30.8 Å². The number of Topliss-reactive ketones (excluding diaryl/α,β-unsaturated/α-hetero) is 1. The maximum atomic E-state index is 12.7. The molecule has 0 radical (unpaired) electrons. The number of carboxylic acid groups (broad SMARTS) is 1. The number of aryl methyl sites for hydroxylation is 1. The molecule has 1 aliphatic rings. The topological polar surface area (TPSA) is 88.8 Å². The Hall–Kier alpha value is -2.93. The van der Waals surface area contributed by atoms with Crippen molar-refractivity contribution in [2.45, 2.75) is 32.2 Å². The molecule has 1 N–H and O–H groups in total. The van der Waals surface area contributed by atoms with Crippen LogP contribution in [-0.2, 0) is 24.1 Å². The summed E-state index contributed by atoms with van der Waals surface area (Å²) in [5.74, 6) is -1.31. The summed E-state index contributed by atoms with van der Waals surface area (Å²) in [5.41, 5.74) is 3.13. The van der Waals surface area contributed by atoms with E-state index in [-0.39, 0.29) is 18.0 Å². The molecule has 0 atom stereocenters. The molecular formula is C22H26N2O5. The van der Waals surface area contributed by atoms with Gasteiger partial charge in [-0.1, -0.05) is 12.1 Å². The molecule has 0 saturated heterocycles. The highest BCUT2D eigenvalue weighted by atomic mass is 16.5. The van der Waals surface area contributed by atoms with Gasteiger partial charge >= 0.3 is 11.9 Å². The zero-order valence-corrected chi connectivity index (χ0v) is 16.8. The number of rotatable bonds is 8. The van der Waals surface area contributed by atoms with Crippen LogP contribution in [0.1, 0.15) is 55.3 Å². The van der Waals surface area contributed by atoms with Gasteiger partial charge in [0.2, 0.25) is 0 Å². The number of carboxylic acids is 1. The number of hydrogen-bond acceptors (Lipinski definition) is 5. The van der Waals surface area contributed by atoms with Crippen LogP contribution in [0.25, 0.3) is 0 Å². The van der Waals surface area contributed by atoms with Crippen LogP contribution in [0.3, 0.4) is 0 Å². The van der Waals surface area contributed by atoms with Crippen LogP contribution in [0.4, 0.5) is 0 Å². The van der Waals surface area contributed by atoms with E-state index in [4.69, 9.17) is 9.84 Å². The van der Waals surface area contributed by atoms with Crippen LogP contribution in [0.5, 0.6) is 0 Å². The van der Waals surface area contributed by atoms with Crippen molar-refractivity contribution >= 4 is 17.7 Å². The van der Waals surface area contributed by atoms with Crippen molar-refractivity contribution < 1.29 is 24.2 Å². The fourth-order valence-electron chi connectivity index (χ4n) is 3.53. The van der Waals surface area contributed by atoms with E-state index < -0.39 is 11.9 Å². The number of ether oxygens (including phenoxy) is 1. The Balaban J connectivity index is 1.80. The van der Waals surface area contributed by atoms with Gasteiger partial charge < -0.3 is 19.3 Å². The van der Waals surface area contributed by atoms with Gasteiger partial charge in [-0.15, -0.1) is 0 Å². The average molecular weight is 398 g/mol. The van der Waals surface area contributed by atoms with Crippen LogP contribution >= 0.6 is 0 Å². The first kappa shape index (κ1) is 20.8. The van der Waals surface area contributed by atoms with Crippen LogP contribution in [-0.4, -0.2) is 59.5 Å². The van der Waals surface area contributed by atoms with Crippen LogP contribution < -0.4 is 0 Å². The quantitative estimate of drug-likeness (QED) is 0.688. The highest BCUT2D eigenvalue weighted by molar-refractivity contribution is 6.01. The number of benzene rings is 1. The second-order valence-electron chi connectivity index (χ2n) is 7.51. The summed E-state index contributed by atoms with van der Waals surface area (Å²) in [7, 11) is 3.81. The molecule has 1 heterocycles. The molecule has 1 aliphatic carbocycles. The second-order valence-corrected chi connectivity index (χ2v) is 7.51. The summed E-state index contributed by atoms with van der Waals surface area (Å²) in [6.45, 7) is 1.43. The van der Waals surface area contributed by atoms with Gasteiger partial charge in [-0.05, 0) is 57.1 Å². The standard InChI is InChI=1S/C22H26N2O5/c1-23(2)12-13-29-22(28)19-14-17-18(4-3-5-20(17)25)24(19)11-10-15-6-8-16(9-7-15)21(26)27/h6-9,14H,3-5,10-13H2,1-2H3,(H,26,27). The molecule has 3 rings (SSSR count). The van der Waals surface area contributed by atoms with Gasteiger partial charge in [-0.3, -0.25) is 4.79 Å². The Morgan fingerprint density at radius 2 is 1.90 bits per heavy atom. The number of esters is 1. The molecule has 0 aliphatic heterocycles. The third-order valence-electron chi connectivity index (χ3n) is 5.13. The smallest absolute Gasteiger partial charge is 0.355 e. The number of hydrogen-bond donors (Lipinski definition) is 1. The molecule has 0 bridgehead atoms. The molecule has 29 heavy (non-hydrogen) atoms. The summed E-state index contributed by atoms with van der Waals surface area (Å²) >= 11 is 0. The predicted octanol–water partition coefficient (Wildman–Crippen LogP) is 2.67. The first-order valence-electron chi connectivity index (χ1n) is 9.76. The lowest BCUT2D eigenvalue weighted by Crippen LogP contribution is -2.22. The van der Waals surface area contributed by atoms with E-state index in [9.17, 15) is 14.4 Å². The summed E-state index contributed by atoms with van der Waals surface area (Å²) in [6, 6.07) is 8.37. The number of fused-ring (bicyclic) bond motifs is 1. The number of nitrogens with zero attached hydrogens (tertiary/aromatic N) is 2. The predicted molar refractivity (Wildman–Crippen MR) is 108 cm³/mol. The Kier molecular flexibility index (Phi) is 6.49. The summed E-state index contributed by atoms with van der Waals surface area (Å²) in [6.07, 6.45) is 2.65. The number of aromatic carboxylic acids is 1. The van der Waals surface area contributed by atoms with Gasteiger partial charge in [-0.25, -0.2) is 9.59 Å². The first-order valence-corrected chi connectivity index (χ1v) is 9.76. The van der Waals surface area contributed by atoms with Gasteiger partial charge in [0.15, 0.2) is 5.78 Å². The SMILES string of the molecule is CN(C)CCOC(=O)c1cc2c(n1CCc1ccc(C(=O)O)cc1)CCCC2=O. The van der Waals surface area contributed by atoms with Crippen molar-refractivity contribution in [1.29, 1.82) is 0 Å². The first-order chi connectivity index (χ1) is 13.9. The Morgan fingerprint density at radius 1 is 1.17 bits per heavy atom. The lowest BCUT2D eigenvalue weighted by molar-refractivity contribution is 0.0468. The van der Waals surface area contributed by atoms with Crippen LogP contribution in [0, 0.1) is 0 Å². The summed E-state index contributed by atoms with van der Waals surface area (Å²) in [5, 5.41) is 9.03. The van der Waals surface area contributed by atoms with Crippen molar-refractivity contribution in [2.75, 3.05) is 27.2 Å². The molecule has 7 nitrogen and oxygen atoms in total. The Bertz CT molecular complexity index is 912. The van der Waals surface area contributed by atoms with E-state index in [1.807, 2.05) is 23.6 Å². The zero-order valence-electron chi connectivity index (χ0n) is 16.8. The Morgan fingerprint density at radius 3 is 2.55 bits per heavy atom. The summed E-state index contributed by atoms with van der Waals surface area (Å²) < 4.78 is 7.31. The van der Waals surface area contributed by atoms with Crippen molar-refractivity contribution in [1.82, 2.24) is 9.47 Å².